The van der Waals surface area contributed by atoms with Crippen molar-refractivity contribution in [3.63, 3.8) is 0 Å². The lowest BCUT2D eigenvalue weighted by Gasteiger charge is -2.23. The van der Waals surface area contributed by atoms with Gasteiger partial charge in [0.15, 0.2) is 17.0 Å². The molecule has 5 rings (SSSR count). The first-order valence-corrected chi connectivity index (χ1v) is 9.91. The summed E-state index contributed by atoms with van der Waals surface area (Å²) in [7, 11) is 5.10. The van der Waals surface area contributed by atoms with Crippen LogP contribution in [0, 0.1) is 23.2 Å². The zero-order chi connectivity index (χ0) is 21.9. The SMILES string of the molecule is CNC(=O)C12CC1[C@@H](n1cnc3c(NC)nc(C#Cc4cncn4C)nc31)[C@H](O)[C@@H]2O. The number of aliphatic hydroxyl groups is 2. The van der Waals surface area contributed by atoms with Crippen LogP contribution in [0.25, 0.3) is 11.2 Å². The van der Waals surface area contributed by atoms with Gasteiger partial charge >= 0.3 is 0 Å². The van der Waals surface area contributed by atoms with E-state index >= 15 is 0 Å². The molecule has 0 saturated heterocycles. The van der Waals surface area contributed by atoms with Crippen LogP contribution in [-0.4, -0.2) is 71.5 Å². The fourth-order valence-corrected chi connectivity index (χ4v) is 4.75. The summed E-state index contributed by atoms with van der Waals surface area (Å²) < 4.78 is 3.51. The summed E-state index contributed by atoms with van der Waals surface area (Å²) in [6.07, 6.45) is 3.09. The van der Waals surface area contributed by atoms with Crippen molar-refractivity contribution in [2.75, 3.05) is 19.4 Å². The number of imidazole rings is 2. The Morgan fingerprint density at radius 1 is 1.26 bits per heavy atom. The number of aryl methyl sites for hydroxylation is 1. The molecule has 3 heterocycles. The van der Waals surface area contributed by atoms with Crippen molar-refractivity contribution >= 4 is 22.9 Å². The van der Waals surface area contributed by atoms with Crippen molar-refractivity contribution in [3.05, 3.63) is 30.4 Å². The van der Waals surface area contributed by atoms with Crippen LogP contribution in [0.5, 0.6) is 0 Å². The number of hydrogen-bond donors (Lipinski definition) is 4. The maximum atomic E-state index is 12.4. The van der Waals surface area contributed by atoms with Gasteiger partial charge in [0, 0.05) is 27.1 Å². The molecule has 11 heteroatoms. The van der Waals surface area contributed by atoms with Gasteiger partial charge < -0.3 is 30.0 Å². The van der Waals surface area contributed by atoms with Gasteiger partial charge in [-0.15, -0.1) is 0 Å². The van der Waals surface area contributed by atoms with Crippen molar-refractivity contribution in [1.82, 2.24) is 34.4 Å². The number of amides is 1. The average Bonchev–Trinajstić information content (AvgIpc) is 3.02. The molecule has 2 aliphatic carbocycles. The predicted octanol–water partition coefficient (Wildman–Crippen LogP) is -0.970. The summed E-state index contributed by atoms with van der Waals surface area (Å²) in [5, 5.41) is 27.0. The molecule has 3 aromatic heterocycles. The van der Waals surface area contributed by atoms with Crippen molar-refractivity contribution < 1.29 is 15.0 Å². The van der Waals surface area contributed by atoms with Gasteiger partial charge in [-0.05, 0) is 18.3 Å². The molecule has 0 aromatic carbocycles. The summed E-state index contributed by atoms with van der Waals surface area (Å²) in [6.45, 7) is 0. The standard InChI is InChI=1S/C20H22N8O3/c1-21-17-13-18(26-12(25-17)5-4-10-7-23-8-27(10)3)28(9-24-13)14-11-6-20(11,19(31)22-2)16(30)15(14)29/h7-9,11,14-16,29-30H,6H2,1-3H3,(H,22,31)(H,21,25,26)/t11?,14-,15+,16+,20?/m1/s1. The largest absolute Gasteiger partial charge is 0.389 e. The van der Waals surface area contributed by atoms with E-state index in [2.05, 4.69) is 42.4 Å². The second-order valence-corrected chi connectivity index (χ2v) is 7.97. The quantitative estimate of drug-likeness (QED) is 0.395. The van der Waals surface area contributed by atoms with Crippen LogP contribution in [0.2, 0.25) is 0 Å². The summed E-state index contributed by atoms with van der Waals surface area (Å²) >= 11 is 0. The lowest BCUT2D eigenvalue weighted by Crippen LogP contribution is -2.41. The van der Waals surface area contributed by atoms with E-state index in [0.717, 1.165) is 0 Å². The molecule has 0 spiro atoms. The van der Waals surface area contributed by atoms with Crippen molar-refractivity contribution in [2.24, 2.45) is 18.4 Å². The first-order valence-electron chi connectivity index (χ1n) is 9.91. The Morgan fingerprint density at radius 2 is 2.06 bits per heavy atom. The highest BCUT2D eigenvalue weighted by Crippen LogP contribution is 2.67. The van der Waals surface area contributed by atoms with E-state index < -0.39 is 23.7 Å². The second-order valence-electron chi connectivity index (χ2n) is 7.97. The minimum absolute atomic E-state index is 0.216. The molecular formula is C20H22N8O3. The van der Waals surface area contributed by atoms with E-state index in [0.29, 0.717) is 29.1 Å². The summed E-state index contributed by atoms with van der Waals surface area (Å²) in [6, 6.07) is -0.533. The minimum atomic E-state index is -1.16. The lowest BCUT2D eigenvalue weighted by molar-refractivity contribution is -0.132. The summed E-state index contributed by atoms with van der Waals surface area (Å²) in [4.78, 5) is 29.9. The smallest absolute Gasteiger partial charge is 0.229 e. The molecule has 11 nitrogen and oxygen atoms in total. The maximum absolute atomic E-state index is 12.4. The van der Waals surface area contributed by atoms with Crippen LogP contribution >= 0.6 is 0 Å². The third-order valence-electron chi connectivity index (χ3n) is 6.42. The molecule has 2 fully saturated rings. The number of fused-ring (bicyclic) bond motifs is 2. The molecule has 5 atom stereocenters. The third kappa shape index (κ3) is 2.65. The molecule has 160 valence electrons. The van der Waals surface area contributed by atoms with E-state index in [4.69, 9.17) is 0 Å². The van der Waals surface area contributed by atoms with Gasteiger partial charge in [-0.3, -0.25) is 4.79 Å². The number of anilines is 1. The third-order valence-corrected chi connectivity index (χ3v) is 6.42. The number of nitrogens with one attached hydrogen (secondary N) is 2. The van der Waals surface area contributed by atoms with Gasteiger partial charge in [0.05, 0.1) is 36.4 Å². The molecule has 0 bridgehead atoms. The van der Waals surface area contributed by atoms with E-state index in [1.165, 1.54) is 7.05 Å². The molecule has 2 aliphatic rings. The zero-order valence-electron chi connectivity index (χ0n) is 17.2. The van der Waals surface area contributed by atoms with E-state index in [9.17, 15) is 15.0 Å². The van der Waals surface area contributed by atoms with E-state index in [1.807, 2.05) is 7.05 Å². The Bertz CT molecular complexity index is 1250. The fourth-order valence-electron chi connectivity index (χ4n) is 4.75. The highest BCUT2D eigenvalue weighted by Gasteiger charge is 2.75. The summed E-state index contributed by atoms with van der Waals surface area (Å²) in [5.41, 5.74) is 0.736. The van der Waals surface area contributed by atoms with Gasteiger partial charge in [0.1, 0.15) is 11.8 Å². The second kappa shape index (κ2) is 6.76. The van der Waals surface area contributed by atoms with Crippen LogP contribution in [0.15, 0.2) is 18.9 Å². The van der Waals surface area contributed by atoms with Crippen molar-refractivity contribution in [1.29, 1.82) is 0 Å². The monoisotopic (exact) mass is 422 g/mol. The van der Waals surface area contributed by atoms with Crippen molar-refractivity contribution in [3.8, 4) is 11.8 Å². The molecule has 0 aliphatic heterocycles. The Hall–Kier alpha value is -3.49. The summed E-state index contributed by atoms with van der Waals surface area (Å²) in [5.74, 6) is 6.24. The highest BCUT2D eigenvalue weighted by atomic mass is 16.3. The Morgan fingerprint density at radius 3 is 2.74 bits per heavy atom. The number of aliphatic hydroxyl groups excluding tert-OH is 2. The first kappa shape index (κ1) is 19.5. The minimum Gasteiger partial charge on any atom is -0.389 e. The van der Waals surface area contributed by atoms with Crippen molar-refractivity contribution in [2.45, 2.75) is 24.7 Å². The molecule has 2 saturated carbocycles. The van der Waals surface area contributed by atoms with E-state index in [1.54, 1.807) is 35.0 Å². The molecule has 3 aromatic rings. The van der Waals surface area contributed by atoms with Crippen LogP contribution in [-0.2, 0) is 11.8 Å². The molecular weight excluding hydrogens is 400 g/mol. The van der Waals surface area contributed by atoms with Gasteiger partial charge in [0.25, 0.3) is 0 Å². The van der Waals surface area contributed by atoms with Crippen LogP contribution in [0.3, 0.4) is 0 Å². The number of hydrogen-bond acceptors (Lipinski definition) is 8. The van der Waals surface area contributed by atoms with Gasteiger partial charge in [-0.25, -0.2) is 19.9 Å². The molecule has 4 N–H and O–H groups in total. The molecule has 0 radical (unpaired) electrons. The fraction of sp³-hybridized carbons (Fsp3) is 0.450. The number of carbonyl (C=O) groups is 1. The average molecular weight is 422 g/mol. The van der Waals surface area contributed by atoms with Crippen LogP contribution in [0.1, 0.15) is 24.0 Å². The maximum Gasteiger partial charge on any atom is 0.229 e. The van der Waals surface area contributed by atoms with Gasteiger partial charge in [-0.1, -0.05) is 0 Å². The number of nitrogens with zero attached hydrogens (tertiary/aromatic N) is 6. The topological polar surface area (TPSA) is 143 Å². The Balaban J connectivity index is 1.59. The number of rotatable bonds is 3. The van der Waals surface area contributed by atoms with E-state index in [-0.39, 0.29) is 17.6 Å². The lowest BCUT2D eigenvalue weighted by atomic mass is 9.98. The Kier molecular flexibility index (Phi) is 4.25. The van der Waals surface area contributed by atoms with Crippen LogP contribution < -0.4 is 10.6 Å². The molecule has 1 amide bonds. The number of aromatic nitrogens is 6. The Labute approximate surface area is 177 Å². The highest BCUT2D eigenvalue weighted by molar-refractivity contribution is 5.88. The van der Waals surface area contributed by atoms with Gasteiger partial charge in [-0.2, -0.15) is 0 Å². The number of carbonyl (C=O) groups excluding carboxylic acids is 1. The molecule has 2 unspecified atom stereocenters. The predicted molar refractivity (Wildman–Crippen MR) is 110 cm³/mol. The van der Waals surface area contributed by atoms with Gasteiger partial charge in [0.2, 0.25) is 11.7 Å². The molecule has 31 heavy (non-hydrogen) atoms. The first-order chi connectivity index (χ1) is 14.9. The normalized spacial score (nSPS) is 28.7. The zero-order valence-corrected chi connectivity index (χ0v) is 17.2. The van der Waals surface area contributed by atoms with Crippen LogP contribution in [0.4, 0.5) is 5.82 Å².